The smallest absolute Gasteiger partial charge is 0.322 e. The number of aliphatic carboxylic acids is 1. The normalized spacial score (nSPS) is 10.1. The molecule has 0 spiro atoms. The first-order valence-electron chi connectivity index (χ1n) is 6.49. The van der Waals surface area contributed by atoms with Crippen LogP contribution in [0.4, 0.5) is 5.69 Å². The molecular formula is C16H16N2O3. The lowest BCUT2D eigenvalue weighted by atomic mass is 10.0. The molecular weight excluding hydrogens is 268 g/mol. The molecule has 0 heterocycles. The van der Waals surface area contributed by atoms with Crippen molar-refractivity contribution in [3.63, 3.8) is 0 Å². The maximum Gasteiger partial charge on any atom is 0.322 e. The summed E-state index contributed by atoms with van der Waals surface area (Å²) in [6.45, 7) is 0.182. The summed E-state index contributed by atoms with van der Waals surface area (Å²) in [6, 6.07) is 13.9. The molecule has 2 rings (SSSR count). The van der Waals surface area contributed by atoms with Crippen molar-refractivity contribution >= 4 is 17.4 Å². The zero-order valence-electron chi connectivity index (χ0n) is 11.4. The third kappa shape index (κ3) is 3.90. The standard InChI is InChI=1S/C16H16N2O3/c17-9-11-3-1-4-12(7-11)16(21)13-5-2-6-14(8-13)18-10-15(19)20/h1-8,18H,9-10,17H2,(H,19,20). The second kappa shape index (κ2) is 6.67. The number of anilines is 1. The first-order chi connectivity index (χ1) is 10.1. The van der Waals surface area contributed by atoms with E-state index < -0.39 is 5.97 Å². The van der Waals surface area contributed by atoms with Crippen molar-refractivity contribution in [2.45, 2.75) is 6.54 Å². The number of carbonyl (C=O) groups is 2. The molecule has 0 aromatic heterocycles. The fourth-order valence-corrected chi connectivity index (χ4v) is 1.95. The van der Waals surface area contributed by atoms with E-state index in [1.54, 1.807) is 42.5 Å². The number of ketones is 1. The number of nitrogens with two attached hydrogens (primary N) is 1. The van der Waals surface area contributed by atoms with Gasteiger partial charge in [0.25, 0.3) is 0 Å². The van der Waals surface area contributed by atoms with E-state index in [1.165, 1.54) is 0 Å². The quantitative estimate of drug-likeness (QED) is 0.704. The van der Waals surface area contributed by atoms with E-state index in [-0.39, 0.29) is 12.3 Å². The lowest BCUT2D eigenvalue weighted by Crippen LogP contribution is -2.12. The van der Waals surface area contributed by atoms with Crippen molar-refractivity contribution in [3.05, 3.63) is 65.2 Å². The highest BCUT2D eigenvalue weighted by atomic mass is 16.4. The van der Waals surface area contributed by atoms with Crippen molar-refractivity contribution in [1.82, 2.24) is 0 Å². The van der Waals surface area contributed by atoms with Gasteiger partial charge in [-0.1, -0.05) is 30.3 Å². The zero-order valence-corrected chi connectivity index (χ0v) is 11.4. The average molecular weight is 284 g/mol. The Morgan fingerprint density at radius 3 is 2.38 bits per heavy atom. The van der Waals surface area contributed by atoms with E-state index in [0.29, 0.717) is 23.4 Å². The topological polar surface area (TPSA) is 92.4 Å². The third-order valence-electron chi connectivity index (χ3n) is 2.99. The Hall–Kier alpha value is -2.66. The maximum atomic E-state index is 12.4. The number of carbonyl (C=O) groups excluding carboxylic acids is 1. The molecule has 0 saturated carbocycles. The van der Waals surface area contributed by atoms with E-state index in [9.17, 15) is 9.59 Å². The van der Waals surface area contributed by atoms with Gasteiger partial charge in [-0.05, 0) is 23.8 Å². The summed E-state index contributed by atoms with van der Waals surface area (Å²) in [5, 5.41) is 11.4. The van der Waals surface area contributed by atoms with Crippen LogP contribution in [0, 0.1) is 0 Å². The van der Waals surface area contributed by atoms with Crippen LogP contribution in [0.1, 0.15) is 21.5 Å². The highest BCUT2D eigenvalue weighted by Gasteiger charge is 2.10. The minimum absolute atomic E-state index is 0.121. The van der Waals surface area contributed by atoms with Gasteiger partial charge in [0.2, 0.25) is 0 Å². The molecule has 0 aliphatic heterocycles. The Morgan fingerprint density at radius 1 is 1.05 bits per heavy atom. The average Bonchev–Trinajstić information content (AvgIpc) is 2.52. The minimum atomic E-state index is -0.956. The van der Waals surface area contributed by atoms with Crippen LogP contribution in [-0.4, -0.2) is 23.4 Å². The molecule has 0 bridgehead atoms. The van der Waals surface area contributed by atoms with Crippen LogP contribution in [0.5, 0.6) is 0 Å². The summed E-state index contributed by atoms with van der Waals surface area (Å²) in [7, 11) is 0. The van der Waals surface area contributed by atoms with Crippen LogP contribution >= 0.6 is 0 Å². The number of hydrogen-bond acceptors (Lipinski definition) is 4. The van der Waals surface area contributed by atoms with Crippen molar-refractivity contribution in [2.24, 2.45) is 5.73 Å². The van der Waals surface area contributed by atoms with Gasteiger partial charge >= 0.3 is 5.97 Å². The minimum Gasteiger partial charge on any atom is -0.480 e. The predicted octanol–water partition coefficient (Wildman–Crippen LogP) is 1.87. The van der Waals surface area contributed by atoms with E-state index in [4.69, 9.17) is 10.8 Å². The Kier molecular flexibility index (Phi) is 4.68. The second-order valence-electron chi connectivity index (χ2n) is 4.56. The number of rotatable bonds is 6. The van der Waals surface area contributed by atoms with Crippen LogP contribution in [0.2, 0.25) is 0 Å². The first kappa shape index (κ1) is 14.7. The van der Waals surface area contributed by atoms with Gasteiger partial charge in [-0.15, -0.1) is 0 Å². The first-order valence-corrected chi connectivity index (χ1v) is 6.49. The number of benzene rings is 2. The van der Waals surface area contributed by atoms with Crippen LogP contribution in [0.15, 0.2) is 48.5 Å². The molecule has 0 amide bonds. The number of carboxylic acid groups (broad SMARTS) is 1. The van der Waals surface area contributed by atoms with E-state index in [1.807, 2.05) is 6.07 Å². The fraction of sp³-hybridized carbons (Fsp3) is 0.125. The maximum absolute atomic E-state index is 12.4. The van der Waals surface area contributed by atoms with E-state index in [0.717, 1.165) is 5.56 Å². The lowest BCUT2D eigenvalue weighted by Gasteiger charge is -2.07. The molecule has 4 N–H and O–H groups in total. The van der Waals surface area contributed by atoms with Gasteiger partial charge in [0.15, 0.2) is 5.78 Å². The molecule has 0 unspecified atom stereocenters. The van der Waals surface area contributed by atoms with Crippen LogP contribution in [0.3, 0.4) is 0 Å². The van der Waals surface area contributed by atoms with Gasteiger partial charge in [-0.2, -0.15) is 0 Å². The van der Waals surface area contributed by atoms with Crippen LogP contribution in [0.25, 0.3) is 0 Å². The molecule has 108 valence electrons. The Balaban J connectivity index is 2.22. The Bertz CT molecular complexity index is 668. The number of carboxylic acids is 1. The summed E-state index contributed by atoms with van der Waals surface area (Å²) >= 11 is 0. The SMILES string of the molecule is NCc1cccc(C(=O)c2cccc(NCC(=O)O)c2)c1. The summed E-state index contributed by atoms with van der Waals surface area (Å²) in [6.07, 6.45) is 0. The van der Waals surface area contributed by atoms with Crippen molar-refractivity contribution in [1.29, 1.82) is 0 Å². The third-order valence-corrected chi connectivity index (χ3v) is 2.99. The number of hydrogen-bond donors (Lipinski definition) is 3. The highest BCUT2D eigenvalue weighted by molar-refractivity contribution is 6.09. The molecule has 21 heavy (non-hydrogen) atoms. The van der Waals surface area contributed by atoms with E-state index >= 15 is 0 Å². The van der Waals surface area contributed by atoms with Crippen LogP contribution in [-0.2, 0) is 11.3 Å². The molecule has 0 aliphatic carbocycles. The van der Waals surface area contributed by atoms with Gasteiger partial charge in [-0.25, -0.2) is 0 Å². The lowest BCUT2D eigenvalue weighted by molar-refractivity contribution is -0.134. The van der Waals surface area contributed by atoms with Gasteiger partial charge in [0, 0.05) is 23.4 Å². The highest BCUT2D eigenvalue weighted by Crippen LogP contribution is 2.15. The molecule has 0 saturated heterocycles. The molecule has 0 radical (unpaired) electrons. The summed E-state index contributed by atoms with van der Waals surface area (Å²) < 4.78 is 0. The fourth-order valence-electron chi connectivity index (χ4n) is 1.95. The molecule has 2 aromatic rings. The van der Waals surface area contributed by atoms with Crippen molar-refractivity contribution in [3.8, 4) is 0 Å². The molecule has 0 aliphatic rings. The monoisotopic (exact) mass is 284 g/mol. The van der Waals surface area contributed by atoms with Gasteiger partial charge in [0.1, 0.15) is 6.54 Å². The van der Waals surface area contributed by atoms with Gasteiger partial charge in [0.05, 0.1) is 0 Å². The zero-order chi connectivity index (χ0) is 15.2. The van der Waals surface area contributed by atoms with Crippen molar-refractivity contribution < 1.29 is 14.7 Å². The largest absolute Gasteiger partial charge is 0.480 e. The van der Waals surface area contributed by atoms with E-state index in [2.05, 4.69) is 5.32 Å². The molecule has 0 fully saturated rings. The van der Waals surface area contributed by atoms with Crippen molar-refractivity contribution in [2.75, 3.05) is 11.9 Å². The van der Waals surface area contributed by atoms with Crippen LogP contribution < -0.4 is 11.1 Å². The van der Waals surface area contributed by atoms with Gasteiger partial charge < -0.3 is 16.2 Å². The summed E-state index contributed by atoms with van der Waals surface area (Å²) in [5.41, 5.74) is 8.12. The molecule has 0 atom stereocenters. The molecule has 5 heteroatoms. The summed E-state index contributed by atoms with van der Waals surface area (Å²) in [4.78, 5) is 23.0. The predicted molar refractivity (Wildman–Crippen MR) is 80.3 cm³/mol. The second-order valence-corrected chi connectivity index (χ2v) is 4.56. The number of nitrogens with one attached hydrogen (secondary N) is 1. The molecule has 5 nitrogen and oxygen atoms in total. The van der Waals surface area contributed by atoms with Gasteiger partial charge in [-0.3, -0.25) is 9.59 Å². The Labute approximate surface area is 122 Å². The summed E-state index contributed by atoms with van der Waals surface area (Å²) in [5.74, 6) is -1.08. The Morgan fingerprint density at radius 2 is 1.71 bits per heavy atom. The molecule has 2 aromatic carbocycles.